The van der Waals surface area contributed by atoms with Crippen LogP contribution in [0.4, 0.5) is 0 Å². The monoisotopic (exact) mass is 191 g/mol. The lowest BCUT2D eigenvalue weighted by Gasteiger charge is -1.96. The fourth-order valence-electron chi connectivity index (χ4n) is 1.46. The summed E-state index contributed by atoms with van der Waals surface area (Å²) in [6.07, 6.45) is 2.12. The molecule has 0 spiro atoms. The molecule has 2 heteroatoms. The van der Waals surface area contributed by atoms with E-state index in [4.69, 9.17) is 0 Å². The molecule has 0 amide bonds. The largest absolute Gasteiger partial charge is 0.361 e. The first-order valence-electron chi connectivity index (χ1n) is 4.54. The van der Waals surface area contributed by atoms with E-state index in [2.05, 4.69) is 42.4 Å². The van der Waals surface area contributed by atoms with Gasteiger partial charge in [0.1, 0.15) is 0 Å². The maximum atomic E-state index is 3.28. The quantitative estimate of drug-likeness (QED) is 0.786. The van der Waals surface area contributed by atoms with Gasteiger partial charge in [0.2, 0.25) is 0 Å². The Morgan fingerprint density at radius 3 is 3.00 bits per heavy atom. The van der Waals surface area contributed by atoms with Gasteiger partial charge in [0, 0.05) is 22.9 Å². The van der Waals surface area contributed by atoms with E-state index < -0.39 is 0 Å². The predicted molar refractivity (Wildman–Crippen MR) is 60.1 cm³/mol. The zero-order valence-corrected chi connectivity index (χ0v) is 8.53. The molecular formula is C11H13NS. The molecule has 1 aromatic heterocycles. The highest BCUT2D eigenvalue weighted by Crippen LogP contribution is 2.21. The van der Waals surface area contributed by atoms with Crippen molar-refractivity contribution in [3.05, 3.63) is 36.0 Å². The van der Waals surface area contributed by atoms with Gasteiger partial charge in [0.25, 0.3) is 0 Å². The first-order chi connectivity index (χ1) is 6.42. The summed E-state index contributed by atoms with van der Waals surface area (Å²) in [5.74, 6) is 2.29. The van der Waals surface area contributed by atoms with Crippen molar-refractivity contribution in [2.24, 2.45) is 0 Å². The summed E-state index contributed by atoms with van der Waals surface area (Å²) in [5.41, 5.74) is 2.66. The van der Waals surface area contributed by atoms with E-state index in [1.54, 1.807) is 0 Å². The van der Waals surface area contributed by atoms with E-state index in [9.17, 15) is 0 Å². The van der Waals surface area contributed by atoms with Gasteiger partial charge in [-0.05, 0) is 17.4 Å². The number of hydrogen-bond donors (Lipinski definition) is 1. The van der Waals surface area contributed by atoms with Crippen molar-refractivity contribution in [3.8, 4) is 0 Å². The minimum absolute atomic E-state index is 1.11. The molecule has 0 radical (unpaired) electrons. The zero-order chi connectivity index (χ0) is 9.10. The van der Waals surface area contributed by atoms with Gasteiger partial charge in [-0.1, -0.05) is 25.1 Å². The van der Waals surface area contributed by atoms with Gasteiger partial charge in [0.15, 0.2) is 0 Å². The highest BCUT2D eigenvalue weighted by atomic mass is 32.2. The van der Waals surface area contributed by atoms with Crippen LogP contribution in [0.1, 0.15) is 12.5 Å². The number of fused-ring (bicyclic) bond motifs is 1. The molecule has 0 atom stereocenters. The summed E-state index contributed by atoms with van der Waals surface area (Å²) in [5, 5.41) is 1.36. The Morgan fingerprint density at radius 2 is 2.15 bits per heavy atom. The Bertz CT molecular complexity index is 392. The van der Waals surface area contributed by atoms with Crippen LogP contribution in [-0.2, 0) is 5.75 Å². The van der Waals surface area contributed by atoms with Gasteiger partial charge >= 0.3 is 0 Å². The molecule has 1 nitrogen and oxygen atoms in total. The highest BCUT2D eigenvalue weighted by molar-refractivity contribution is 7.98. The van der Waals surface area contributed by atoms with Crippen LogP contribution in [-0.4, -0.2) is 10.7 Å². The Morgan fingerprint density at radius 1 is 1.31 bits per heavy atom. The Hall–Kier alpha value is -0.890. The Labute approximate surface area is 82.5 Å². The second kappa shape index (κ2) is 3.88. The maximum absolute atomic E-state index is 3.28. The second-order valence-electron chi connectivity index (χ2n) is 3.00. The Balaban J connectivity index is 2.35. The van der Waals surface area contributed by atoms with Crippen molar-refractivity contribution in [1.29, 1.82) is 0 Å². The van der Waals surface area contributed by atoms with Crippen molar-refractivity contribution in [2.75, 3.05) is 5.75 Å². The third-order valence-corrected chi connectivity index (χ3v) is 3.06. The summed E-state index contributed by atoms with van der Waals surface area (Å²) in [6.45, 7) is 2.19. The molecule has 0 saturated heterocycles. The van der Waals surface area contributed by atoms with Gasteiger partial charge in [0.05, 0.1) is 0 Å². The fraction of sp³-hybridized carbons (Fsp3) is 0.273. The van der Waals surface area contributed by atoms with Crippen LogP contribution in [0.5, 0.6) is 0 Å². The lowest BCUT2D eigenvalue weighted by atomic mass is 10.2. The first-order valence-corrected chi connectivity index (χ1v) is 5.70. The van der Waals surface area contributed by atoms with Crippen molar-refractivity contribution in [3.63, 3.8) is 0 Å². The maximum Gasteiger partial charge on any atom is 0.0457 e. The summed E-state index contributed by atoms with van der Waals surface area (Å²) in [4.78, 5) is 3.28. The number of rotatable bonds is 3. The average molecular weight is 191 g/mol. The highest BCUT2D eigenvalue weighted by Gasteiger charge is 2.00. The number of nitrogens with one attached hydrogen (secondary N) is 1. The third kappa shape index (κ3) is 1.73. The van der Waals surface area contributed by atoms with Gasteiger partial charge in [-0.3, -0.25) is 0 Å². The number of benzene rings is 1. The van der Waals surface area contributed by atoms with Gasteiger partial charge in [-0.25, -0.2) is 0 Å². The SMILES string of the molecule is CCSCc1c[nH]c2ccccc12. The summed E-state index contributed by atoms with van der Waals surface area (Å²) in [7, 11) is 0. The van der Waals surface area contributed by atoms with Crippen LogP contribution in [0.25, 0.3) is 10.9 Å². The van der Waals surface area contributed by atoms with Crippen LogP contribution in [0.2, 0.25) is 0 Å². The third-order valence-electron chi connectivity index (χ3n) is 2.14. The van der Waals surface area contributed by atoms with Crippen LogP contribution < -0.4 is 0 Å². The average Bonchev–Trinajstić information content (AvgIpc) is 2.58. The minimum atomic E-state index is 1.11. The summed E-state index contributed by atoms with van der Waals surface area (Å²) >= 11 is 1.96. The summed E-state index contributed by atoms with van der Waals surface area (Å²) in [6, 6.07) is 8.46. The molecular weight excluding hydrogens is 178 g/mol. The number of para-hydroxylation sites is 1. The minimum Gasteiger partial charge on any atom is -0.361 e. The first kappa shape index (κ1) is 8.70. The molecule has 2 rings (SSSR count). The molecule has 13 heavy (non-hydrogen) atoms. The Kier molecular flexibility index (Phi) is 2.60. The molecule has 0 aliphatic rings. The molecule has 68 valence electrons. The van der Waals surface area contributed by atoms with Crippen molar-refractivity contribution < 1.29 is 0 Å². The van der Waals surface area contributed by atoms with E-state index in [1.165, 1.54) is 22.2 Å². The molecule has 0 saturated carbocycles. The number of aromatic nitrogens is 1. The van der Waals surface area contributed by atoms with Crippen LogP contribution in [0.15, 0.2) is 30.5 Å². The lowest BCUT2D eigenvalue weighted by molar-refractivity contribution is 1.39. The molecule has 0 aliphatic carbocycles. The van der Waals surface area contributed by atoms with E-state index in [0.29, 0.717) is 0 Å². The van der Waals surface area contributed by atoms with Gasteiger partial charge in [-0.15, -0.1) is 0 Å². The van der Waals surface area contributed by atoms with E-state index in [0.717, 1.165) is 5.75 Å². The lowest BCUT2D eigenvalue weighted by Crippen LogP contribution is -1.77. The molecule has 1 aromatic carbocycles. The van der Waals surface area contributed by atoms with Crippen molar-refractivity contribution in [2.45, 2.75) is 12.7 Å². The standard InChI is InChI=1S/C11H13NS/c1-2-13-8-9-7-12-11-6-4-3-5-10(9)11/h3-7,12H,2,8H2,1H3. The molecule has 0 unspecified atom stereocenters. The molecule has 1 heterocycles. The van der Waals surface area contributed by atoms with Crippen LogP contribution in [0, 0.1) is 0 Å². The van der Waals surface area contributed by atoms with E-state index in [-0.39, 0.29) is 0 Å². The van der Waals surface area contributed by atoms with E-state index >= 15 is 0 Å². The van der Waals surface area contributed by atoms with Gasteiger partial charge < -0.3 is 4.98 Å². The molecule has 0 fully saturated rings. The normalized spacial score (nSPS) is 10.8. The number of hydrogen-bond acceptors (Lipinski definition) is 1. The number of thioether (sulfide) groups is 1. The van der Waals surface area contributed by atoms with Crippen LogP contribution >= 0.6 is 11.8 Å². The smallest absolute Gasteiger partial charge is 0.0457 e. The predicted octanol–water partition coefficient (Wildman–Crippen LogP) is 3.42. The zero-order valence-electron chi connectivity index (χ0n) is 7.71. The summed E-state index contributed by atoms with van der Waals surface area (Å²) < 4.78 is 0. The van der Waals surface area contributed by atoms with Gasteiger partial charge in [-0.2, -0.15) is 11.8 Å². The topological polar surface area (TPSA) is 15.8 Å². The molecule has 1 N–H and O–H groups in total. The number of H-pyrrole nitrogens is 1. The molecule has 0 bridgehead atoms. The van der Waals surface area contributed by atoms with Crippen molar-refractivity contribution in [1.82, 2.24) is 4.98 Å². The molecule has 0 aliphatic heterocycles. The fourth-order valence-corrected chi connectivity index (χ4v) is 2.13. The van der Waals surface area contributed by atoms with E-state index in [1.807, 2.05) is 11.8 Å². The molecule has 2 aromatic rings. The van der Waals surface area contributed by atoms with Crippen molar-refractivity contribution >= 4 is 22.7 Å². The van der Waals surface area contributed by atoms with Crippen LogP contribution in [0.3, 0.4) is 0 Å². The number of aromatic amines is 1. The second-order valence-corrected chi connectivity index (χ2v) is 4.27.